The van der Waals surface area contributed by atoms with Crippen LogP contribution in [0, 0.1) is 0 Å². The standard InChI is InChI=1S/C24H18BrClN2O4/c1-30-22-12-17-19(13-23(22)31-2)27-10-9-21(17)32-20-8-3-14(25)11-18(20)24(29)28-16-6-4-15(26)5-7-16/h3-13H,1-2H3,(H,28,29). The van der Waals surface area contributed by atoms with Crippen molar-refractivity contribution in [1.82, 2.24) is 4.98 Å². The molecule has 0 atom stereocenters. The van der Waals surface area contributed by atoms with E-state index in [9.17, 15) is 4.79 Å². The molecule has 162 valence electrons. The van der Waals surface area contributed by atoms with Gasteiger partial charge in [0, 0.05) is 32.8 Å². The molecule has 4 aromatic rings. The van der Waals surface area contributed by atoms with Crippen LogP contribution in [0.1, 0.15) is 10.4 Å². The van der Waals surface area contributed by atoms with Crippen LogP contribution in [-0.2, 0) is 0 Å². The maximum atomic E-state index is 13.0. The molecule has 0 aliphatic heterocycles. The van der Waals surface area contributed by atoms with Gasteiger partial charge in [-0.3, -0.25) is 9.78 Å². The molecule has 0 aliphatic rings. The molecule has 0 saturated heterocycles. The molecule has 6 nitrogen and oxygen atoms in total. The van der Waals surface area contributed by atoms with Crippen LogP contribution >= 0.6 is 27.5 Å². The number of aromatic nitrogens is 1. The van der Waals surface area contributed by atoms with Crippen LogP contribution in [0.25, 0.3) is 10.9 Å². The van der Waals surface area contributed by atoms with Crippen molar-refractivity contribution < 1.29 is 19.0 Å². The Morgan fingerprint density at radius 3 is 2.34 bits per heavy atom. The van der Waals surface area contributed by atoms with E-state index in [1.165, 1.54) is 0 Å². The van der Waals surface area contributed by atoms with Gasteiger partial charge in [-0.05, 0) is 54.6 Å². The molecular formula is C24H18BrClN2O4. The minimum Gasteiger partial charge on any atom is -0.493 e. The molecule has 4 rings (SSSR count). The van der Waals surface area contributed by atoms with Gasteiger partial charge in [0.2, 0.25) is 0 Å². The van der Waals surface area contributed by atoms with Gasteiger partial charge in [0.25, 0.3) is 5.91 Å². The highest BCUT2D eigenvalue weighted by Crippen LogP contribution is 2.38. The van der Waals surface area contributed by atoms with E-state index < -0.39 is 0 Å². The maximum Gasteiger partial charge on any atom is 0.259 e. The molecule has 0 saturated carbocycles. The zero-order valence-electron chi connectivity index (χ0n) is 17.2. The van der Waals surface area contributed by atoms with Crippen molar-refractivity contribution in [2.75, 3.05) is 19.5 Å². The predicted molar refractivity (Wildman–Crippen MR) is 128 cm³/mol. The Balaban J connectivity index is 1.71. The van der Waals surface area contributed by atoms with Gasteiger partial charge >= 0.3 is 0 Å². The molecule has 0 aliphatic carbocycles. The number of nitrogens with one attached hydrogen (secondary N) is 1. The average Bonchev–Trinajstić information content (AvgIpc) is 2.80. The fourth-order valence-corrected chi connectivity index (χ4v) is 3.64. The smallest absolute Gasteiger partial charge is 0.259 e. The molecule has 0 radical (unpaired) electrons. The highest BCUT2D eigenvalue weighted by Gasteiger charge is 2.17. The summed E-state index contributed by atoms with van der Waals surface area (Å²) in [6, 6.07) is 17.4. The number of rotatable bonds is 6. The van der Waals surface area contributed by atoms with Crippen LogP contribution in [0.4, 0.5) is 5.69 Å². The van der Waals surface area contributed by atoms with Crippen molar-refractivity contribution in [2.24, 2.45) is 0 Å². The summed E-state index contributed by atoms with van der Waals surface area (Å²) in [5.74, 6) is 1.72. The van der Waals surface area contributed by atoms with E-state index in [0.29, 0.717) is 44.8 Å². The van der Waals surface area contributed by atoms with Crippen LogP contribution in [0.5, 0.6) is 23.0 Å². The summed E-state index contributed by atoms with van der Waals surface area (Å²) in [6.45, 7) is 0. The monoisotopic (exact) mass is 512 g/mol. The molecular weight excluding hydrogens is 496 g/mol. The normalized spacial score (nSPS) is 10.6. The molecule has 0 fully saturated rings. The fourth-order valence-electron chi connectivity index (χ4n) is 3.16. The summed E-state index contributed by atoms with van der Waals surface area (Å²) in [6.07, 6.45) is 1.63. The highest BCUT2D eigenvalue weighted by molar-refractivity contribution is 9.10. The maximum absolute atomic E-state index is 13.0. The van der Waals surface area contributed by atoms with Gasteiger partial charge in [-0.15, -0.1) is 0 Å². The van der Waals surface area contributed by atoms with E-state index in [-0.39, 0.29) is 5.91 Å². The summed E-state index contributed by atoms with van der Waals surface area (Å²) in [4.78, 5) is 17.4. The molecule has 32 heavy (non-hydrogen) atoms. The van der Waals surface area contributed by atoms with Crippen molar-refractivity contribution in [3.05, 3.63) is 81.9 Å². The lowest BCUT2D eigenvalue weighted by Crippen LogP contribution is -2.13. The molecule has 8 heteroatoms. The number of pyridine rings is 1. The minimum absolute atomic E-state index is 0.318. The van der Waals surface area contributed by atoms with Crippen molar-refractivity contribution in [3.63, 3.8) is 0 Å². The number of halogens is 2. The third-order valence-corrected chi connectivity index (χ3v) is 5.46. The summed E-state index contributed by atoms with van der Waals surface area (Å²) < 4.78 is 17.7. The number of benzene rings is 3. The van der Waals surface area contributed by atoms with E-state index in [2.05, 4.69) is 26.2 Å². The number of fused-ring (bicyclic) bond motifs is 1. The number of methoxy groups -OCH3 is 2. The summed E-state index contributed by atoms with van der Waals surface area (Å²) >= 11 is 9.36. The summed E-state index contributed by atoms with van der Waals surface area (Å²) in [5, 5.41) is 4.17. The number of carbonyl (C=O) groups is 1. The second-order valence-electron chi connectivity index (χ2n) is 6.74. The Bertz CT molecular complexity index is 1300. The second-order valence-corrected chi connectivity index (χ2v) is 8.09. The van der Waals surface area contributed by atoms with Gasteiger partial charge in [-0.25, -0.2) is 0 Å². The first kappa shape index (κ1) is 21.9. The number of nitrogens with zero attached hydrogens (tertiary/aromatic N) is 1. The number of amides is 1. The van der Waals surface area contributed by atoms with E-state index in [1.807, 2.05) is 0 Å². The topological polar surface area (TPSA) is 69.7 Å². The number of anilines is 1. The number of hydrogen-bond donors (Lipinski definition) is 1. The van der Waals surface area contributed by atoms with E-state index in [1.54, 1.807) is 81.1 Å². The first-order valence-corrected chi connectivity index (χ1v) is 10.7. The minimum atomic E-state index is -0.318. The van der Waals surface area contributed by atoms with E-state index in [4.69, 9.17) is 25.8 Å². The van der Waals surface area contributed by atoms with Crippen LogP contribution < -0.4 is 19.5 Å². The van der Waals surface area contributed by atoms with E-state index in [0.717, 1.165) is 9.86 Å². The Kier molecular flexibility index (Phi) is 6.48. The van der Waals surface area contributed by atoms with Crippen molar-refractivity contribution in [1.29, 1.82) is 0 Å². The molecule has 0 unspecified atom stereocenters. The van der Waals surface area contributed by atoms with Crippen LogP contribution in [0.15, 0.2) is 71.3 Å². The third-order valence-electron chi connectivity index (χ3n) is 4.72. The summed E-state index contributed by atoms with van der Waals surface area (Å²) in [7, 11) is 3.13. The number of hydrogen-bond acceptors (Lipinski definition) is 5. The Morgan fingerprint density at radius 1 is 0.906 bits per heavy atom. The molecule has 1 aromatic heterocycles. The highest BCUT2D eigenvalue weighted by atomic mass is 79.9. The zero-order chi connectivity index (χ0) is 22.7. The van der Waals surface area contributed by atoms with Gasteiger partial charge < -0.3 is 19.5 Å². The zero-order valence-corrected chi connectivity index (χ0v) is 19.5. The van der Waals surface area contributed by atoms with Crippen molar-refractivity contribution in [2.45, 2.75) is 0 Å². The molecule has 3 aromatic carbocycles. The van der Waals surface area contributed by atoms with Gasteiger partial charge in [0.1, 0.15) is 11.5 Å². The third kappa shape index (κ3) is 4.64. The van der Waals surface area contributed by atoms with Crippen LogP contribution in [0.3, 0.4) is 0 Å². The quantitative estimate of drug-likeness (QED) is 0.310. The van der Waals surface area contributed by atoms with Gasteiger partial charge in [0.15, 0.2) is 11.5 Å². The lowest BCUT2D eigenvalue weighted by molar-refractivity contribution is 0.102. The Labute approximate surface area is 198 Å². The Hall–Kier alpha value is -3.29. The first-order chi connectivity index (χ1) is 15.5. The fraction of sp³-hybridized carbons (Fsp3) is 0.0833. The SMILES string of the molecule is COc1cc2nccc(Oc3ccc(Br)cc3C(=O)Nc3ccc(Cl)cc3)c2cc1OC. The Morgan fingerprint density at radius 2 is 1.62 bits per heavy atom. The van der Waals surface area contributed by atoms with Gasteiger partial charge in [-0.1, -0.05) is 27.5 Å². The van der Waals surface area contributed by atoms with Crippen LogP contribution in [0.2, 0.25) is 5.02 Å². The second kappa shape index (κ2) is 9.46. The van der Waals surface area contributed by atoms with Gasteiger partial charge in [0.05, 0.1) is 25.3 Å². The van der Waals surface area contributed by atoms with Crippen LogP contribution in [-0.4, -0.2) is 25.1 Å². The molecule has 1 N–H and O–H groups in total. The number of ether oxygens (including phenoxy) is 3. The average molecular weight is 514 g/mol. The molecule has 1 amide bonds. The lowest BCUT2D eigenvalue weighted by Gasteiger charge is -2.15. The first-order valence-electron chi connectivity index (χ1n) is 9.53. The van der Waals surface area contributed by atoms with E-state index >= 15 is 0 Å². The lowest BCUT2D eigenvalue weighted by atomic mass is 10.1. The molecule has 0 bridgehead atoms. The van der Waals surface area contributed by atoms with Gasteiger partial charge in [-0.2, -0.15) is 0 Å². The molecule has 0 spiro atoms. The molecule has 1 heterocycles. The largest absolute Gasteiger partial charge is 0.493 e. The number of carbonyl (C=O) groups excluding carboxylic acids is 1. The summed E-state index contributed by atoms with van der Waals surface area (Å²) in [5.41, 5.74) is 1.65. The predicted octanol–water partition coefficient (Wildman–Crippen LogP) is 6.71. The van der Waals surface area contributed by atoms with Crippen molar-refractivity contribution in [3.8, 4) is 23.0 Å². The van der Waals surface area contributed by atoms with Crippen molar-refractivity contribution >= 4 is 50.0 Å².